The molecule has 10 heteroatoms. The number of fused-ring (bicyclic) bond motifs is 1. The molecule has 4 N–H and O–H groups in total. The smallest absolute Gasteiger partial charge is 0.315 e. The van der Waals surface area contributed by atoms with Crippen LogP contribution >= 0.6 is 11.3 Å². The van der Waals surface area contributed by atoms with Crippen molar-refractivity contribution in [1.82, 2.24) is 31.2 Å². The van der Waals surface area contributed by atoms with Gasteiger partial charge in [0.25, 0.3) is 0 Å². The Morgan fingerprint density at radius 1 is 1.10 bits per heavy atom. The Balaban J connectivity index is 1.44. The van der Waals surface area contributed by atoms with Crippen LogP contribution in [0, 0.1) is 5.92 Å². The Kier molecular flexibility index (Phi) is 10.9. The van der Waals surface area contributed by atoms with Gasteiger partial charge in [-0.1, -0.05) is 38.8 Å². The second kappa shape index (κ2) is 14.6. The number of nitrogens with zero attached hydrogens (tertiary/aromatic N) is 2. The highest BCUT2D eigenvalue weighted by atomic mass is 32.1. The molecule has 1 aliphatic heterocycles. The molecule has 4 rings (SSSR count). The SMILES string of the molecule is C=C(CN1CCCC1)C(=O)NC[C@@H](NC(=O)[C@H](Cc1nc2ccc(CC)cc2s1)NC(=O)NC)C1CCCCC1. The number of amides is 4. The summed E-state index contributed by atoms with van der Waals surface area (Å²) in [4.78, 5) is 45.8. The van der Waals surface area contributed by atoms with Crippen LogP contribution < -0.4 is 21.3 Å². The second-order valence-electron chi connectivity index (χ2n) is 11.1. The number of rotatable bonds is 12. The maximum Gasteiger partial charge on any atom is 0.315 e. The molecule has 2 aromatic rings. The average molecular weight is 569 g/mol. The van der Waals surface area contributed by atoms with Gasteiger partial charge in [-0.2, -0.15) is 0 Å². The molecule has 1 saturated carbocycles. The molecule has 2 aliphatic rings. The van der Waals surface area contributed by atoms with Gasteiger partial charge in [0, 0.05) is 38.2 Å². The van der Waals surface area contributed by atoms with Gasteiger partial charge in [-0.05, 0) is 68.8 Å². The van der Waals surface area contributed by atoms with Crippen LogP contribution in [-0.4, -0.2) is 73.0 Å². The van der Waals surface area contributed by atoms with Gasteiger partial charge in [-0.25, -0.2) is 9.78 Å². The minimum Gasteiger partial charge on any atom is -0.350 e. The van der Waals surface area contributed by atoms with E-state index in [4.69, 9.17) is 4.98 Å². The fraction of sp³-hybridized carbons (Fsp3) is 0.600. The number of nitrogens with one attached hydrogen (secondary N) is 4. The first-order chi connectivity index (χ1) is 19.4. The number of hydrogen-bond acceptors (Lipinski definition) is 6. The van der Waals surface area contributed by atoms with Crippen LogP contribution in [-0.2, 0) is 22.4 Å². The molecule has 9 nitrogen and oxygen atoms in total. The Morgan fingerprint density at radius 2 is 1.85 bits per heavy atom. The van der Waals surface area contributed by atoms with E-state index in [0.29, 0.717) is 18.7 Å². The lowest BCUT2D eigenvalue weighted by molar-refractivity contribution is -0.124. The summed E-state index contributed by atoms with van der Waals surface area (Å²) in [6.07, 6.45) is 8.96. The largest absolute Gasteiger partial charge is 0.350 e. The van der Waals surface area contributed by atoms with Crippen molar-refractivity contribution in [2.24, 2.45) is 5.92 Å². The summed E-state index contributed by atoms with van der Waals surface area (Å²) >= 11 is 1.55. The molecule has 2 atom stereocenters. The number of benzene rings is 1. The van der Waals surface area contributed by atoms with E-state index in [-0.39, 0.29) is 30.2 Å². The van der Waals surface area contributed by atoms with E-state index >= 15 is 0 Å². The lowest BCUT2D eigenvalue weighted by atomic mass is 9.83. The van der Waals surface area contributed by atoms with Crippen LogP contribution in [0.2, 0.25) is 0 Å². The Morgan fingerprint density at radius 3 is 2.55 bits per heavy atom. The van der Waals surface area contributed by atoms with Crippen LogP contribution in [0.3, 0.4) is 0 Å². The molecule has 1 saturated heterocycles. The minimum atomic E-state index is -0.793. The average Bonchev–Trinajstić information content (AvgIpc) is 3.63. The molecule has 1 aromatic heterocycles. The van der Waals surface area contributed by atoms with Gasteiger partial charge in [0.1, 0.15) is 6.04 Å². The van der Waals surface area contributed by atoms with Crippen molar-refractivity contribution < 1.29 is 14.4 Å². The number of aromatic nitrogens is 1. The van der Waals surface area contributed by atoms with Gasteiger partial charge in [0.2, 0.25) is 11.8 Å². The third-order valence-corrected chi connectivity index (χ3v) is 9.14. The highest BCUT2D eigenvalue weighted by Crippen LogP contribution is 2.27. The van der Waals surface area contributed by atoms with Crippen LogP contribution in [0.1, 0.15) is 62.4 Å². The predicted molar refractivity (Wildman–Crippen MR) is 160 cm³/mol. The maximum atomic E-state index is 13.7. The summed E-state index contributed by atoms with van der Waals surface area (Å²) < 4.78 is 1.07. The van der Waals surface area contributed by atoms with Gasteiger partial charge in [-0.15, -0.1) is 11.3 Å². The van der Waals surface area contributed by atoms with Gasteiger partial charge in [0.15, 0.2) is 0 Å². The van der Waals surface area contributed by atoms with E-state index < -0.39 is 12.1 Å². The number of carbonyl (C=O) groups excluding carboxylic acids is 3. The van der Waals surface area contributed by atoms with Gasteiger partial charge in [-0.3, -0.25) is 14.5 Å². The normalized spacial score (nSPS) is 17.8. The van der Waals surface area contributed by atoms with Crippen LogP contribution in [0.5, 0.6) is 0 Å². The molecule has 0 unspecified atom stereocenters. The zero-order valence-corrected chi connectivity index (χ0v) is 24.7. The topological polar surface area (TPSA) is 115 Å². The van der Waals surface area contributed by atoms with Crippen molar-refractivity contribution in [2.45, 2.75) is 76.8 Å². The van der Waals surface area contributed by atoms with E-state index in [1.807, 2.05) is 6.07 Å². The summed E-state index contributed by atoms with van der Waals surface area (Å²) in [5.41, 5.74) is 2.69. The fourth-order valence-corrected chi connectivity index (χ4v) is 6.78. The van der Waals surface area contributed by atoms with Crippen LogP contribution in [0.25, 0.3) is 10.2 Å². The highest BCUT2D eigenvalue weighted by Gasteiger charge is 2.30. The number of hydrogen-bond donors (Lipinski definition) is 4. The summed E-state index contributed by atoms with van der Waals surface area (Å²) in [6.45, 7) is 9.04. The van der Waals surface area contributed by atoms with Gasteiger partial charge in [0.05, 0.1) is 15.2 Å². The molecule has 2 heterocycles. The minimum absolute atomic E-state index is 0.164. The first kappa shape index (κ1) is 30.0. The molecule has 0 radical (unpaired) electrons. The summed E-state index contributed by atoms with van der Waals surface area (Å²) in [7, 11) is 1.53. The van der Waals surface area contributed by atoms with E-state index in [1.165, 1.54) is 19.0 Å². The number of thiazole rings is 1. The lowest BCUT2D eigenvalue weighted by Gasteiger charge is -2.32. The number of aryl methyl sites for hydroxylation is 1. The first-order valence-electron chi connectivity index (χ1n) is 14.7. The predicted octanol–water partition coefficient (Wildman–Crippen LogP) is 3.53. The molecule has 0 spiro atoms. The van der Waals surface area contributed by atoms with E-state index in [9.17, 15) is 14.4 Å². The molecule has 4 amide bonds. The van der Waals surface area contributed by atoms with Crippen LogP contribution in [0.15, 0.2) is 30.4 Å². The zero-order valence-electron chi connectivity index (χ0n) is 23.9. The van der Waals surface area contributed by atoms with Crippen LogP contribution in [0.4, 0.5) is 4.79 Å². The molecule has 1 aliphatic carbocycles. The Labute approximate surface area is 241 Å². The first-order valence-corrected chi connectivity index (χ1v) is 15.5. The Bertz CT molecular complexity index is 1190. The summed E-state index contributed by atoms with van der Waals surface area (Å²) in [5.74, 6) is -0.166. The molecular weight excluding hydrogens is 524 g/mol. The lowest BCUT2D eigenvalue weighted by Crippen LogP contribution is -2.56. The number of urea groups is 1. The maximum absolute atomic E-state index is 13.7. The second-order valence-corrected chi connectivity index (χ2v) is 12.2. The monoisotopic (exact) mass is 568 g/mol. The number of likely N-dealkylation sites (tertiary alicyclic amines) is 1. The van der Waals surface area contributed by atoms with E-state index in [1.54, 1.807) is 11.3 Å². The fourth-order valence-electron chi connectivity index (χ4n) is 5.70. The van der Waals surface area contributed by atoms with Gasteiger partial charge < -0.3 is 21.3 Å². The molecule has 2 fully saturated rings. The van der Waals surface area contributed by atoms with Crippen molar-refractivity contribution in [1.29, 1.82) is 0 Å². The van der Waals surface area contributed by atoms with Crippen molar-refractivity contribution in [3.05, 3.63) is 40.9 Å². The molecule has 1 aromatic carbocycles. The number of carbonyl (C=O) groups is 3. The van der Waals surface area contributed by atoms with Crippen molar-refractivity contribution >= 4 is 39.4 Å². The Hall–Kier alpha value is -2.98. The summed E-state index contributed by atoms with van der Waals surface area (Å²) in [5, 5.41) is 12.4. The molecule has 0 bridgehead atoms. The third kappa shape index (κ3) is 8.27. The quantitative estimate of drug-likeness (QED) is 0.293. The summed E-state index contributed by atoms with van der Waals surface area (Å²) in [6, 6.07) is 4.77. The van der Waals surface area contributed by atoms with E-state index in [0.717, 1.165) is 73.3 Å². The standard InChI is InChI=1S/C30H44N6O3S/c1-4-21-12-13-23-26(16-21)40-27(33-23)17-24(35-30(39)31-3)29(38)34-25(22-10-6-5-7-11-22)18-32-28(37)20(2)19-36-14-8-9-15-36/h12-13,16,22,24-25H,2,4-11,14-15,17-19H2,1,3H3,(H,32,37)(H,34,38)(H2,31,35,39)/t24-,25+/m0/s1. The van der Waals surface area contributed by atoms with E-state index in [2.05, 4.69) is 51.8 Å². The molecule has 218 valence electrons. The van der Waals surface area contributed by atoms with Crippen molar-refractivity contribution in [3.63, 3.8) is 0 Å². The molecule has 40 heavy (non-hydrogen) atoms. The van der Waals surface area contributed by atoms with Crippen molar-refractivity contribution in [3.8, 4) is 0 Å². The zero-order chi connectivity index (χ0) is 28.5. The van der Waals surface area contributed by atoms with Gasteiger partial charge >= 0.3 is 6.03 Å². The third-order valence-electron chi connectivity index (χ3n) is 8.10. The van der Waals surface area contributed by atoms with Crippen molar-refractivity contribution in [2.75, 3.05) is 33.2 Å². The molecular formula is C30H44N6O3S. The highest BCUT2D eigenvalue weighted by molar-refractivity contribution is 7.18.